The number of rotatable bonds is 9. The largest absolute Gasteiger partial charge is 0.490 e. The summed E-state index contributed by atoms with van der Waals surface area (Å²) in [6.45, 7) is 13.5. The zero-order valence-electron chi connectivity index (χ0n) is 25.6. The van der Waals surface area contributed by atoms with Gasteiger partial charge in [-0.15, -0.1) is 0 Å². The Bertz CT molecular complexity index is 1290. The molecular weight excluding hydrogens is 552 g/mol. The number of likely N-dealkylation sites (tertiary alicyclic amines) is 1. The zero-order chi connectivity index (χ0) is 31.0. The van der Waals surface area contributed by atoms with E-state index >= 15 is 0 Å². The lowest BCUT2D eigenvalue weighted by molar-refractivity contribution is 0.0219. The summed E-state index contributed by atoms with van der Waals surface area (Å²) in [5.74, 6) is 0.867. The third-order valence-corrected chi connectivity index (χ3v) is 7.12. The molecule has 2 heterocycles. The van der Waals surface area contributed by atoms with Gasteiger partial charge in [-0.25, -0.2) is 14.4 Å². The summed E-state index contributed by atoms with van der Waals surface area (Å²) in [7, 11) is 0. The van der Waals surface area contributed by atoms with Crippen molar-refractivity contribution in [3.8, 4) is 11.5 Å². The number of ether oxygens (including phenoxy) is 5. The van der Waals surface area contributed by atoms with Gasteiger partial charge in [0, 0.05) is 32.5 Å². The molecule has 2 aromatic rings. The summed E-state index contributed by atoms with van der Waals surface area (Å²) in [5, 5.41) is 0. The second-order valence-electron chi connectivity index (χ2n) is 11.6. The number of hydrogen-bond donors (Lipinski definition) is 0. The molecule has 0 saturated carbocycles. The predicted molar refractivity (Wildman–Crippen MR) is 160 cm³/mol. The molecule has 0 spiro atoms. The predicted octanol–water partition coefficient (Wildman–Crippen LogP) is 5.90. The van der Waals surface area contributed by atoms with Crippen molar-refractivity contribution in [2.75, 3.05) is 32.8 Å². The molecule has 4 rings (SSSR count). The quantitative estimate of drug-likeness (QED) is 0.201. The number of amides is 2. The number of hydrogen-bond acceptors (Lipinski definition) is 8. The molecule has 232 valence electrons. The minimum absolute atomic E-state index is 0.0218. The third-order valence-electron chi connectivity index (χ3n) is 7.12. The summed E-state index contributed by atoms with van der Waals surface area (Å²) >= 11 is 0. The summed E-state index contributed by atoms with van der Waals surface area (Å²) in [5.41, 5.74) is 2.43. The van der Waals surface area contributed by atoms with E-state index in [0.29, 0.717) is 44.0 Å². The first-order chi connectivity index (χ1) is 20.6. The normalized spacial score (nSPS) is 15.3. The third kappa shape index (κ3) is 8.89. The van der Waals surface area contributed by atoms with Crippen LogP contribution in [-0.2, 0) is 33.8 Å². The van der Waals surface area contributed by atoms with Crippen molar-refractivity contribution in [3.05, 3.63) is 71.3 Å². The van der Waals surface area contributed by atoms with Gasteiger partial charge in [0.15, 0.2) is 0 Å². The summed E-state index contributed by atoms with van der Waals surface area (Å²) in [4.78, 5) is 40.9. The monoisotopic (exact) mass is 594 g/mol. The average molecular weight is 595 g/mol. The second kappa shape index (κ2) is 14.3. The SMILES string of the molecule is C=CCOC(=O)N1CCC(Oc2ccc(COc3cc4c(c(C(=O)OCC)c3)CN(C(=O)OC(C)(C)C)CC4)cc2)CC1. The summed E-state index contributed by atoms with van der Waals surface area (Å²) in [6.07, 6.45) is 2.87. The Labute approximate surface area is 253 Å². The van der Waals surface area contributed by atoms with Crippen LogP contribution in [0.15, 0.2) is 49.1 Å². The van der Waals surface area contributed by atoms with Crippen LogP contribution in [0.25, 0.3) is 0 Å². The van der Waals surface area contributed by atoms with Crippen molar-refractivity contribution in [1.82, 2.24) is 9.80 Å². The van der Waals surface area contributed by atoms with E-state index in [9.17, 15) is 14.4 Å². The number of carbonyl (C=O) groups excluding carboxylic acids is 3. The molecule has 0 aliphatic carbocycles. The van der Waals surface area contributed by atoms with Gasteiger partial charge in [-0.2, -0.15) is 0 Å². The lowest BCUT2D eigenvalue weighted by Gasteiger charge is -2.32. The minimum atomic E-state index is -0.607. The molecule has 2 aromatic carbocycles. The van der Waals surface area contributed by atoms with Crippen LogP contribution in [0.5, 0.6) is 11.5 Å². The van der Waals surface area contributed by atoms with Gasteiger partial charge in [0.25, 0.3) is 0 Å². The van der Waals surface area contributed by atoms with Crippen molar-refractivity contribution in [2.45, 2.75) is 71.8 Å². The molecule has 2 amide bonds. The number of esters is 1. The van der Waals surface area contributed by atoms with Gasteiger partial charge in [-0.05, 0) is 75.1 Å². The molecular formula is C33H42N2O8. The Hall–Kier alpha value is -4.21. The molecule has 2 aliphatic heterocycles. The van der Waals surface area contributed by atoms with Crippen LogP contribution in [0, 0.1) is 0 Å². The zero-order valence-corrected chi connectivity index (χ0v) is 25.6. The van der Waals surface area contributed by atoms with Crippen LogP contribution in [0.1, 0.15) is 67.6 Å². The fourth-order valence-corrected chi connectivity index (χ4v) is 5.00. The lowest BCUT2D eigenvalue weighted by Crippen LogP contribution is -2.42. The smallest absolute Gasteiger partial charge is 0.410 e. The Balaban J connectivity index is 1.35. The van der Waals surface area contributed by atoms with E-state index in [-0.39, 0.29) is 32.0 Å². The molecule has 1 fully saturated rings. The van der Waals surface area contributed by atoms with E-state index in [1.807, 2.05) is 51.1 Å². The van der Waals surface area contributed by atoms with Crippen molar-refractivity contribution >= 4 is 18.2 Å². The molecule has 43 heavy (non-hydrogen) atoms. The highest BCUT2D eigenvalue weighted by Crippen LogP contribution is 2.30. The Morgan fingerprint density at radius 3 is 2.33 bits per heavy atom. The van der Waals surface area contributed by atoms with Crippen molar-refractivity contribution in [3.63, 3.8) is 0 Å². The van der Waals surface area contributed by atoms with E-state index in [1.54, 1.807) is 28.9 Å². The van der Waals surface area contributed by atoms with E-state index in [0.717, 1.165) is 35.3 Å². The molecule has 10 nitrogen and oxygen atoms in total. The van der Waals surface area contributed by atoms with Crippen molar-refractivity contribution in [1.29, 1.82) is 0 Å². The maximum absolute atomic E-state index is 12.9. The molecule has 0 aromatic heterocycles. The lowest BCUT2D eigenvalue weighted by atomic mass is 9.94. The average Bonchev–Trinajstić information content (AvgIpc) is 2.98. The minimum Gasteiger partial charge on any atom is -0.490 e. The van der Waals surface area contributed by atoms with Crippen LogP contribution in [0.4, 0.5) is 9.59 Å². The molecule has 0 unspecified atom stereocenters. The van der Waals surface area contributed by atoms with Crippen LogP contribution in [0.3, 0.4) is 0 Å². The Morgan fingerprint density at radius 2 is 1.67 bits per heavy atom. The molecule has 10 heteroatoms. The number of benzene rings is 2. The Morgan fingerprint density at radius 1 is 0.953 bits per heavy atom. The fourth-order valence-electron chi connectivity index (χ4n) is 5.00. The summed E-state index contributed by atoms with van der Waals surface area (Å²) < 4.78 is 28.2. The molecule has 0 radical (unpaired) electrons. The number of fused-ring (bicyclic) bond motifs is 1. The topological polar surface area (TPSA) is 104 Å². The maximum atomic E-state index is 12.9. The van der Waals surface area contributed by atoms with Gasteiger partial charge in [0.05, 0.1) is 18.7 Å². The molecule has 0 N–H and O–H groups in total. The first kappa shape index (κ1) is 31.7. The van der Waals surface area contributed by atoms with Gasteiger partial charge in [0.2, 0.25) is 0 Å². The highest BCUT2D eigenvalue weighted by Gasteiger charge is 2.30. The number of nitrogens with zero attached hydrogens (tertiary/aromatic N) is 2. The standard InChI is InChI=1S/C33H42N2O8/c1-6-18-40-31(37)34-16-13-26(14-17-34)42-25-10-8-23(9-11-25)22-41-27-19-24-12-15-35(32(38)43-33(3,4)5)21-29(24)28(20-27)30(36)39-7-2/h6,8-11,19-20,26H,1,7,12-18,21-22H2,2-5H3. The number of carbonyl (C=O) groups is 3. The first-order valence-electron chi connectivity index (χ1n) is 14.8. The number of piperidine rings is 1. The van der Waals surface area contributed by atoms with Crippen LogP contribution in [0.2, 0.25) is 0 Å². The molecule has 2 aliphatic rings. The highest BCUT2D eigenvalue weighted by atomic mass is 16.6. The fraction of sp³-hybridized carbons (Fsp3) is 0.485. The molecule has 0 atom stereocenters. The highest BCUT2D eigenvalue weighted by molar-refractivity contribution is 5.92. The van der Waals surface area contributed by atoms with E-state index in [4.69, 9.17) is 23.7 Å². The first-order valence-corrected chi connectivity index (χ1v) is 14.8. The van der Waals surface area contributed by atoms with Crippen molar-refractivity contribution < 1.29 is 38.1 Å². The van der Waals surface area contributed by atoms with E-state index in [2.05, 4.69) is 6.58 Å². The van der Waals surface area contributed by atoms with Gasteiger partial charge in [-0.1, -0.05) is 24.8 Å². The Kier molecular flexibility index (Phi) is 10.6. The summed E-state index contributed by atoms with van der Waals surface area (Å²) in [6, 6.07) is 11.3. The van der Waals surface area contributed by atoms with Gasteiger partial charge < -0.3 is 33.5 Å². The van der Waals surface area contributed by atoms with Gasteiger partial charge in [0.1, 0.15) is 36.4 Å². The second-order valence-corrected chi connectivity index (χ2v) is 11.6. The van der Waals surface area contributed by atoms with Gasteiger partial charge >= 0.3 is 18.2 Å². The van der Waals surface area contributed by atoms with E-state index < -0.39 is 17.7 Å². The van der Waals surface area contributed by atoms with Gasteiger partial charge in [-0.3, -0.25) is 0 Å². The van der Waals surface area contributed by atoms with E-state index in [1.165, 1.54) is 0 Å². The van der Waals surface area contributed by atoms with Crippen LogP contribution >= 0.6 is 0 Å². The van der Waals surface area contributed by atoms with Crippen LogP contribution < -0.4 is 9.47 Å². The molecule has 0 bridgehead atoms. The van der Waals surface area contributed by atoms with Crippen molar-refractivity contribution in [2.24, 2.45) is 0 Å². The molecule has 1 saturated heterocycles. The maximum Gasteiger partial charge on any atom is 0.410 e. The van der Waals surface area contributed by atoms with Crippen LogP contribution in [-0.4, -0.2) is 72.5 Å².